The molecule has 1 N–H and O–H groups in total. The summed E-state index contributed by atoms with van der Waals surface area (Å²) in [4.78, 5) is 14.0. The number of nitrogens with zero attached hydrogens (tertiary/aromatic N) is 1. The molecule has 1 amide bonds. The lowest BCUT2D eigenvalue weighted by molar-refractivity contribution is 0.0736. The Bertz CT molecular complexity index is 405. The van der Waals surface area contributed by atoms with E-state index < -0.39 is 0 Å². The second kappa shape index (κ2) is 5.33. The molecule has 0 saturated carbocycles. The van der Waals surface area contributed by atoms with Crippen LogP contribution in [0.3, 0.4) is 0 Å². The van der Waals surface area contributed by atoms with E-state index in [1.165, 1.54) is 0 Å². The van der Waals surface area contributed by atoms with Crippen LogP contribution in [0.25, 0.3) is 0 Å². The van der Waals surface area contributed by atoms with E-state index in [1.54, 1.807) is 12.1 Å². The van der Waals surface area contributed by atoms with Crippen molar-refractivity contribution in [3.05, 3.63) is 32.4 Å². The van der Waals surface area contributed by atoms with E-state index in [0.717, 1.165) is 35.3 Å². The molecule has 1 aromatic carbocycles. The van der Waals surface area contributed by atoms with Crippen molar-refractivity contribution in [2.24, 2.45) is 0 Å². The number of piperazine rings is 1. The van der Waals surface area contributed by atoms with E-state index in [0.29, 0.717) is 5.02 Å². The van der Waals surface area contributed by atoms with Crippen molar-refractivity contribution in [3.8, 4) is 0 Å². The van der Waals surface area contributed by atoms with Crippen molar-refractivity contribution in [3.63, 3.8) is 0 Å². The topological polar surface area (TPSA) is 32.3 Å². The summed E-state index contributed by atoms with van der Waals surface area (Å²) in [7, 11) is 0. The number of benzene rings is 1. The summed E-state index contributed by atoms with van der Waals surface area (Å²) in [5.41, 5.74) is 0.718. The third-order valence-electron chi connectivity index (χ3n) is 2.57. The summed E-state index contributed by atoms with van der Waals surface area (Å²) in [6.07, 6.45) is 0. The quantitative estimate of drug-likeness (QED) is 0.786. The van der Waals surface area contributed by atoms with E-state index in [9.17, 15) is 4.79 Å². The highest BCUT2D eigenvalue weighted by Gasteiger charge is 2.18. The highest BCUT2D eigenvalue weighted by Crippen LogP contribution is 2.20. The predicted octanol–water partition coefficient (Wildman–Crippen LogP) is 1.99. The first-order chi connectivity index (χ1) is 7.68. The molecule has 1 aliphatic heterocycles. The number of nitrogens with one attached hydrogen (secondary N) is 1. The van der Waals surface area contributed by atoms with Gasteiger partial charge in [-0.15, -0.1) is 0 Å². The SMILES string of the molecule is O=C(c1ccc(Cl)c(I)c1)N1CCNCC1. The Labute approximate surface area is 113 Å². The number of rotatable bonds is 1. The average Bonchev–Trinajstić information content (AvgIpc) is 2.33. The van der Waals surface area contributed by atoms with Gasteiger partial charge in [0.2, 0.25) is 0 Å². The first-order valence-electron chi connectivity index (χ1n) is 5.13. The molecule has 0 radical (unpaired) electrons. The van der Waals surface area contributed by atoms with Gasteiger partial charge in [-0.2, -0.15) is 0 Å². The molecule has 2 rings (SSSR count). The summed E-state index contributed by atoms with van der Waals surface area (Å²) in [5.74, 6) is 0.0936. The molecule has 0 aliphatic carbocycles. The first kappa shape index (κ1) is 12.1. The molecule has 1 heterocycles. The van der Waals surface area contributed by atoms with Gasteiger partial charge in [0.25, 0.3) is 5.91 Å². The lowest BCUT2D eigenvalue weighted by Crippen LogP contribution is -2.46. The van der Waals surface area contributed by atoms with Gasteiger partial charge in [0, 0.05) is 35.3 Å². The highest BCUT2D eigenvalue weighted by molar-refractivity contribution is 14.1. The fourth-order valence-corrected chi connectivity index (χ4v) is 2.31. The van der Waals surface area contributed by atoms with Crippen LogP contribution in [0.1, 0.15) is 10.4 Å². The van der Waals surface area contributed by atoms with Crippen molar-refractivity contribution in [1.29, 1.82) is 0 Å². The van der Waals surface area contributed by atoms with Crippen molar-refractivity contribution >= 4 is 40.1 Å². The maximum absolute atomic E-state index is 12.1. The molecule has 1 aliphatic rings. The van der Waals surface area contributed by atoms with Gasteiger partial charge in [0.1, 0.15) is 0 Å². The molecule has 1 fully saturated rings. The molecule has 86 valence electrons. The largest absolute Gasteiger partial charge is 0.336 e. The van der Waals surface area contributed by atoms with Crippen molar-refractivity contribution in [1.82, 2.24) is 10.2 Å². The molecule has 1 saturated heterocycles. The van der Waals surface area contributed by atoms with Crippen LogP contribution in [0, 0.1) is 3.57 Å². The Morgan fingerprint density at radius 1 is 1.38 bits per heavy atom. The molecule has 1 aromatic rings. The van der Waals surface area contributed by atoms with E-state index in [4.69, 9.17) is 11.6 Å². The summed E-state index contributed by atoms with van der Waals surface area (Å²) >= 11 is 8.07. The van der Waals surface area contributed by atoms with Gasteiger partial charge in [0.05, 0.1) is 5.02 Å². The lowest BCUT2D eigenvalue weighted by atomic mass is 10.2. The average molecular weight is 351 g/mol. The van der Waals surface area contributed by atoms with Gasteiger partial charge < -0.3 is 10.2 Å². The predicted molar refractivity (Wildman–Crippen MR) is 72.9 cm³/mol. The van der Waals surface area contributed by atoms with Gasteiger partial charge in [0.15, 0.2) is 0 Å². The van der Waals surface area contributed by atoms with Crippen LogP contribution < -0.4 is 5.32 Å². The zero-order chi connectivity index (χ0) is 11.5. The van der Waals surface area contributed by atoms with Crippen LogP contribution >= 0.6 is 34.2 Å². The Morgan fingerprint density at radius 3 is 2.69 bits per heavy atom. The number of hydrogen-bond acceptors (Lipinski definition) is 2. The van der Waals surface area contributed by atoms with Crippen LogP contribution in [-0.2, 0) is 0 Å². The van der Waals surface area contributed by atoms with E-state index in [2.05, 4.69) is 27.9 Å². The summed E-state index contributed by atoms with van der Waals surface area (Å²) < 4.78 is 0.917. The Hall–Kier alpha value is -0.330. The Kier molecular flexibility index (Phi) is 4.05. The van der Waals surface area contributed by atoms with Crippen LogP contribution in [0.5, 0.6) is 0 Å². The van der Waals surface area contributed by atoms with Gasteiger partial charge in [-0.05, 0) is 40.8 Å². The maximum atomic E-state index is 12.1. The molecular formula is C11H12ClIN2O. The molecule has 0 unspecified atom stereocenters. The Balaban J connectivity index is 2.16. The fourth-order valence-electron chi connectivity index (χ4n) is 1.68. The van der Waals surface area contributed by atoms with Gasteiger partial charge in [-0.1, -0.05) is 11.6 Å². The number of halogens is 2. The number of carbonyl (C=O) groups is 1. The van der Waals surface area contributed by atoms with Gasteiger partial charge in [-0.3, -0.25) is 4.79 Å². The van der Waals surface area contributed by atoms with Crippen LogP contribution in [0.2, 0.25) is 5.02 Å². The van der Waals surface area contributed by atoms with Gasteiger partial charge in [-0.25, -0.2) is 0 Å². The van der Waals surface area contributed by atoms with E-state index >= 15 is 0 Å². The molecule has 16 heavy (non-hydrogen) atoms. The van der Waals surface area contributed by atoms with Crippen LogP contribution in [0.15, 0.2) is 18.2 Å². The van der Waals surface area contributed by atoms with E-state index in [1.807, 2.05) is 11.0 Å². The second-order valence-electron chi connectivity index (χ2n) is 3.67. The molecule has 0 bridgehead atoms. The maximum Gasteiger partial charge on any atom is 0.253 e. The third kappa shape index (κ3) is 2.67. The van der Waals surface area contributed by atoms with Crippen LogP contribution in [0.4, 0.5) is 0 Å². The minimum Gasteiger partial charge on any atom is -0.336 e. The molecule has 5 heteroatoms. The van der Waals surface area contributed by atoms with Crippen LogP contribution in [-0.4, -0.2) is 37.0 Å². The minimum atomic E-state index is 0.0936. The smallest absolute Gasteiger partial charge is 0.253 e. The third-order valence-corrected chi connectivity index (χ3v) is 4.11. The standard InChI is InChI=1S/C11H12ClIN2O/c12-9-2-1-8(7-10(9)13)11(16)15-5-3-14-4-6-15/h1-2,7,14H,3-6H2. The highest BCUT2D eigenvalue weighted by atomic mass is 127. The van der Waals surface area contributed by atoms with Crippen molar-refractivity contribution < 1.29 is 4.79 Å². The number of carbonyl (C=O) groups excluding carboxylic acids is 1. The first-order valence-corrected chi connectivity index (χ1v) is 6.59. The molecule has 3 nitrogen and oxygen atoms in total. The monoisotopic (exact) mass is 350 g/mol. The normalized spacial score (nSPS) is 16.2. The fraction of sp³-hybridized carbons (Fsp3) is 0.364. The number of hydrogen-bond donors (Lipinski definition) is 1. The summed E-state index contributed by atoms with van der Waals surface area (Å²) in [6.45, 7) is 3.29. The summed E-state index contributed by atoms with van der Waals surface area (Å²) in [6, 6.07) is 5.40. The molecule has 0 spiro atoms. The second-order valence-corrected chi connectivity index (χ2v) is 5.24. The molecular weight excluding hydrogens is 338 g/mol. The zero-order valence-electron chi connectivity index (χ0n) is 8.67. The zero-order valence-corrected chi connectivity index (χ0v) is 11.6. The van der Waals surface area contributed by atoms with Crippen molar-refractivity contribution in [2.45, 2.75) is 0 Å². The minimum absolute atomic E-state index is 0.0936. The van der Waals surface area contributed by atoms with Crippen molar-refractivity contribution in [2.75, 3.05) is 26.2 Å². The molecule has 0 atom stereocenters. The Morgan fingerprint density at radius 2 is 2.06 bits per heavy atom. The van der Waals surface area contributed by atoms with Gasteiger partial charge >= 0.3 is 0 Å². The summed E-state index contributed by atoms with van der Waals surface area (Å²) in [5, 5.41) is 3.92. The molecule has 0 aromatic heterocycles. The number of amides is 1. The van der Waals surface area contributed by atoms with E-state index in [-0.39, 0.29) is 5.91 Å². The lowest BCUT2D eigenvalue weighted by Gasteiger charge is -2.27.